The van der Waals surface area contributed by atoms with E-state index in [0.717, 1.165) is 47.7 Å². The fourth-order valence-electron chi connectivity index (χ4n) is 3.60. The van der Waals surface area contributed by atoms with Crippen LogP contribution in [0, 0.1) is 5.41 Å². The minimum absolute atomic E-state index is 0.0999. The van der Waals surface area contributed by atoms with E-state index in [1.807, 2.05) is 63.2 Å². The number of para-hydroxylation sites is 1. The highest BCUT2D eigenvalue weighted by atomic mass is 16.5. The number of carbonyl (C=O) groups is 1. The Labute approximate surface area is 179 Å². The third kappa shape index (κ3) is 5.18. The number of aromatic nitrogens is 1. The Morgan fingerprint density at radius 3 is 2.47 bits per heavy atom. The number of hydrogen-bond acceptors (Lipinski definition) is 4. The van der Waals surface area contributed by atoms with Crippen molar-refractivity contribution in [2.45, 2.75) is 46.5 Å². The largest absolute Gasteiger partial charge is 0.478 e. The first-order chi connectivity index (χ1) is 14.6. The zero-order chi connectivity index (χ0) is 21.4. The van der Waals surface area contributed by atoms with Gasteiger partial charge in [0.2, 0.25) is 5.88 Å². The van der Waals surface area contributed by atoms with E-state index in [1.54, 1.807) is 0 Å². The van der Waals surface area contributed by atoms with Gasteiger partial charge in [-0.25, -0.2) is 4.98 Å². The molecule has 0 saturated heterocycles. The van der Waals surface area contributed by atoms with Crippen molar-refractivity contribution in [1.82, 2.24) is 4.98 Å². The van der Waals surface area contributed by atoms with Crippen molar-refractivity contribution in [1.29, 1.82) is 0 Å². The molecular formula is C26H31NO3. The van der Waals surface area contributed by atoms with Gasteiger partial charge in [0.05, 0.1) is 24.1 Å². The topological polar surface area (TPSA) is 48.4 Å². The Bertz CT molecular complexity index is 970. The van der Waals surface area contributed by atoms with Crippen molar-refractivity contribution in [3.63, 3.8) is 0 Å². The third-order valence-corrected chi connectivity index (χ3v) is 5.70. The van der Waals surface area contributed by atoms with Gasteiger partial charge in [0.1, 0.15) is 0 Å². The molecule has 2 aromatic carbocycles. The molecule has 3 rings (SSSR count). The molecule has 30 heavy (non-hydrogen) atoms. The molecule has 3 aromatic rings. The molecule has 1 atom stereocenters. The number of unbranched alkanes of at least 4 members (excludes halogenated alkanes) is 1. The zero-order valence-electron chi connectivity index (χ0n) is 18.2. The number of rotatable bonds is 10. The van der Waals surface area contributed by atoms with Crippen molar-refractivity contribution in [3.05, 3.63) is 60.7 Å². The van der Waals surface area contributed by atoms with Crippen molar-refractivity contribution >= 4 is 16.9 Å². The molecule has 0 amide bonds. The number of hydrogen-bond donors (Lipinski definition) is 0. The van der Waals surface area contributed by atoms with Crippen molar-refractivity contribution < 1.29 is 14.3 Å². The highest BCUT2D eigenvalue weighted by Gasteiger charge is 2.32. The summed E-state index contributed by atoms with van der Waals surface area (Å²) in [5.41, 5.74) is 2.78. The number of fused-ring (bicyclic) bond motifs is 1. The number of pyridine rings is 1. The minimum atomic E-state index is -0.419. The summed E-state index contributed by atoms with van der Waals surface area (Å²) in [5.74, 6) is 0.535. The molecule has 0 N–H and O–H groups in total. The van der Waals surface area contributed by atoms with E-state index in [4.69, 9.17) is 9.47 Å². The predicted molar refractivity (Wildman–Crippen MR) is 122 cm³/mol. The van der Waals surface area contributed by atoms with Crippen LogP contribution in [-0.4, -0.2) is 24.2 Å². The van der Waals surface area contributed by atoms with E-state index in [1.165, 1.54) is 0 Å². The second-order valence-electron chi connectivity index (χ2n) is 7.83. The van der Waals surface area contributed by atoms with Gasteiger partial charge in [0, 0.05) is 11.5 Å². The summed E-state index contributed by atoms with van der Waals surface area (Å²) in [6.45, 7) is 6.87. The standard InChI is InChI=1S/C26H31NO3/c1-4-26(3,25(28)29-5-2)17-11-12-18-30-24-19-22(20-13-7-6-8-14-20)21-15-9-10-16-23(21)27-24/h6-10,13-16,19H,4-5,11-12,17-18H2,1-3H3. The van der Waals surface area contributed by atoms with E-state index in [2.05, 4.69) is 23.2 Å². The van der Waals surface area contributed by atoms with E-state index >= 15 is 0 Å². The number of carbonyl (C=O) groups excluding carboxylic acids is 1. The van der Waals surface area contributed by atoms with Gasteiger partial charge in [0.15, 0.2) is 0 Å². The first kappa shape index (κ1) is 21.8. The molecule has 1 heterocycles. The maximum Gasteiger partial charge on any atom is 0.311 e. The number of benzene rings is 2. The third-order valence-electron chi connectivity index (χ3n) is 5.70. The second kappa shape index (κ2) is 10.2. The van der Waals surface area contributed by atoms with E-state index in [9.17, 15) is 4.79 Å². The minimum Gasteiger partial charge on any atom is -0.478 e. The lowest BCUT2D eigenvalue weighted by molar-refractivity contribution is -0.155. The Kier molecular flexibility index (Phi) is 7.45. The summed E-state index contributed by atoms with van der Waals surface area (Å²) in [7, 11) is 0. The summed E-state index contributed by atoms with van der Waals surface area (Å²) in [6.07, 6.45) is 3.35. The van der Waals surface area contributed by atoms with Gasteiger partial charge in [-0.3, -0.25) is 4.79 Å². The fourth-order valence-corrected chi connectivity index (χ4v) is 3.60. The van der Waals surface area contributed by atoms with Crippen LogP contribution in [0.3, 0.4) is 0 Å². The van der Waals surface area contributed by atoms with Gasteiger partial charge in [-0.2, -0.15) is 0 Å². The van der Waals surface area contributed by atoms with Crippen LogP contribution in [-0.2, 0) is 9.53 Å². The maximum absolute atomic E-state index is 12.2. The van der Waals surface area contributed by atoms with Crippen molar-refractivity contribution in [3.8, 4) is 17.0 Å². The molecule has 0 aliphatic rings. The molecule has 0 fully saturated rings. The van der Waals surface area contributed by atoms with Crippen LogP contribution in [0.4, 0.5) is 0 Å². The maximum atomic E-state index is 12.2. The Morgan fingerprint density at radius 1 is 1.00 bits per heavy atom. The molecule has 1 unspecified atom stereocenters. The van der Waals surface area contributed by atoms with Gasteiger partial charge in [-0.15, -0.1) is 0 Å². The molecule has 1 aromatic heterocycles. The average molecular weight is 406 g/mol. The van der Waals surface area contributed by atoms with E-state index < -0.39 is 5.41 Å². The molecule has 0 radical (unpaired) electrons. The molecule has 0 aliphatic heterocycles. The van der Waals surface area contributed by atoms with Gasteiger partial charge in [-0.1, -0.05) is 55.5 Å². The summed E-state index contributed by atoms with van der Waals surface area (Å²) >= 11 is 0. The van der Waals surface area contributed by atoms with Crippen molar-refractivity contribution in [2.75, 3.05) is 13.2 Å². The number of ether oxygens (including phenoxy) is 2. The summed E-state index contributed by atoms with van der Waals surface area (Å²) in [5, 5.41) is 1.11. The Morgan fingerprint density at radius 2 is 1.73 bits per heavy atom. The lowest BCUT2D eigenvalue weighted by Crippen LogP contribution is -2.29. The Hall–Kier alpha value is -2.88. The average Bonchev–Trinajstić information content (AvgIpc) is 2.78. The summed E-state index contributed by atoms with van der Waals surface area (Å²) < 4.78 is 11.2. The monoisotopic (exact) mass is 405 g/mol. The Balaban J connectivity index is 1.65. The first-order valence-corrected chi connectivity index (χ1v) is 10.8. The molecular weight excluding hydrogens is 374 g/mol. The quantitative estimate of drug-likeness (QED) is 0.288. The highest BCUT2D eigenvalue weighted by molar-refractivity contribution is 5.95. The molecule has 4 nitrogen and oxygen atoms in total. The van der Waals surface area contributed by atoms with Crippen LogP contribution in [0.1, 0.15) is 46.5 Å². The van der Waals surface area contributed by atoms with Gasteiger partial charge in [-0.05, 0) is 56.7 Å². The molecule has 0 bridgehead atoms. The second-order valence-corrected chi connectivity index (χ2v) is 7.83. The van der Waals surface area contributed by atoms with Gasteiger partial charge in [0.25, 0.3) is 0 Å². The van der Waals surface area contributed by atoms with Gasteiger partial charge < -0.3 is 9.47 Å². The normalized spacial score (nSPS) is 13.0. The molecule has 0 saturated carbocycles. The smallest absolute Gasteiger partial charge is 0.311 e. The van der Waals surface area contributed by atoms with Crippen LogP contribution >= 0.6 is 0 Å². The van der Waals surface area contributed by atoms with Crippen LogP contribution in [0.25, 0.3) is 22.0 Å². The fraction of sp³-hybridized carbons (Fsp3) is 0.385. The lowest BCUT2D eigenvalue weighted by Gasteiger charge is -2.25. The van der Waals surface area contributed by atoms with E-state index in [0.29, 0.717) is 19.1 Å². The summed E-state index contributed by atoms with van der Waals surface area (Å²) in [4.78, 5) is 16.9. The van der Waals surface area contributed by atoms with E-state index in [-0.39, 0.29) is 5.97 Å². The lowest BCUT2D eigenvalue weighted by atomic mass is 9.82. The highest BCUT2D eigenvalue weighted by Crippen LogP contribution is 2.32. The first-order valence-electron chi connectivity index (χ1n) is 10.8. The molecule has 0 spiro atoms. The zero-order valence-corrected chi connectivity index (χ0v) is 18.2. The SMILES string of the molecule is CCOC(=O)C(C)(CC)CCCCOc1cc(-c2ccccc2)c2ccccc2n1. The van der Waals surface area contributed by atoms with Crippen LogP contribution in [0.2, 0.25) is 0 Å². The van der Waals surface area contributed by atoms with Crippen LogP contribution < -0.4 is 4.74 Å². The number of nitrogens with zero attached hydrogens (tertiary/aromatic N) is 1. The summed E-state index contributed by atoms with van der Waals surface area (Å²) in [6, 6.07) is 20.5. The predicted octanol–water partition coefficient (Wildman–Crippen LogP) is 6.43. The molecule has 0 aliphatic carbocycles. The molecule has 158 valence electrons. The van der Waals surface area contributed by atoms with Crippen molar-refractivity contribution in [2.24, 2.45) is 5.41 Å². The number of esters is 1. The van der Waals surface area contributed by atoms with Crippen LogP contribution in [0.15, 0.2) is 60.7 Å². The van der Waals surface area contributed by atoms with Crippen LogP contribution in [0.5, 0.6) is 5.88 Å². The molecule has 4 heteroatoms. The van der Waals surface area contributed by atoms with Gasteiger partial charge >= 0.3 is 5.97 Å².